The number of hydrogen-bond donors (Lipinski definition) is 2. The summed E-state index contributed by atoms with van der Waals surface area (Å²) in [5, 5.41) is 9.35. The number of urea groups is 1. The third-order valence-electron chi connectivity index (χ3n) is 4.48. The number of benzene rings is 1. The molecule has 3 aromatic heterocycles. The summed E-state index contributed by atoms with van der Waals surface area (Å²) in [7, 11) is 3.36. The molecule has 0 unspecified atom stereocenters. The largest absolute Gasteiger partial charge is 0.416 e. The summed E-state index contributed by atoms with van der Waals surface area (Å²) in [6.45, 7) is 0.120. The first-order valence-corrected chi connectivity index (χ1v) is 10.7. The Bertz CT molecular complexity index is 1400. The van der Waals surface area contributed by atoms with Crippen LogP contribution in [-0.2, 0) is 12.7 Å². The first-order valence-electron chi connectivity index (χ1n) is 9.88. The summed E-state index contributed by atoms with van der Waals surface area (Å²) in [6, 6.07) is 6.56. The topological polar surface area (TPSA) is 87.5 Å². The van der Waals surface area contributed by atoms with Gasteiger partial charge in [-0.3, -0.25) is 5.32 Å². The molecule has 0 atom stereocenters. The maximum Gasteiger partial charge on any atom is 0.416 e. The smallest absolute Gasteiger partial charge is 0.308 e. The SMILES string of the molecule is CN(C)Cc1ccc(NC(=O)Nc2ncc(C#Cc3cnc4cccnn34)s2)cc1C(F)(F)F. The Morgan fingerprint density at radius 3 is 2.74 bits per heavy atom. The number of hydrogen-bond acceptors (Lipinski definition) is 6. The van der Waals surface area contributed by atoms with Crippen molar-refractivity contribution >= 4 is 33.8 Å². The van der Waals surface area contributed by atoms with Gasteiger partial charge in [-0.1, -0.05) is 17.4 Å². The quantitative estimate of drug-likeness (QED) is 0.421. The monoisotopic (exact) mass is 485 g/mol. The molecule has 2 N–H and O–H groups in total. The molecule has 0 radical (unpaired) electrons. The summed E-state index contributed by atoms with van der Waals surface area (Å²) in [5.41, 5.74) is 0.595. The number of imidazole rings is 1. The number of fused-ring (bicyclic) bond motifs is 1. The van der Waals surface area contributed by atoms with Crippen LogP contribution < -0.4 is 10.6 Å². The van der Waals surface area contributed by atoms with E-state index in [9.17, 15) is 18.0 Å². The number of aromatic nitrogens is 4. The lowest BCUT2D eigenvalue weighted by Gasteiger charge is -2.17. The number of anilines is 2. The molecular formula is C22H18F3N7OS. The van der Waals surface area contributed by atoms with Gasteiger partial charge in [0.2, 0.25) is 0 Å². The predicted octanol–water partition coefficient (Wildman–Crippen LogP) is 4.31. The van der Waals surface area contributed by atoms with Gasteiger partial charge in [0.15, 0.2) is 10.8 Å². The van der Waals surface area contributed by atoms with Gasteiger partial charge in [-0.15, -0.1) is 0 Å². The van der Waals surface area contributed by atoms with Crippen LogP contribution in [-0.4, -0.2) is 44.6 Å². The molecule has 2 amide bonds. The lowest BCUT2D eigenvalue weighted by Crippen LogP contribution is -2.21. The van der Waals surface area contributed by atoms with Gasteiger partial charge in [0, 0.05) is 18.4 Å². The fourth-order valence-electron chi connectivity index (χ4n) is 3.09. The van der Waals surface area contributed by atoms with Crippen LogP contribution in [0.25, 0.3) is 5.65 Å². The molecule has 3 heterocycles. The van der Waals surface area contributed by atoms with Crippen molar-refractivity contribution in [2.75, 3.05) is 24.7 Å². The molecule has 0 spiro atoms. The fraction of sp³-hybridized carbons (Fsp3) is 0.182. The van der Waals surface area contributed by atoms with E-state index in [0.717, 1.165) is 17.4 Å². The van der Waals surface area contributed by atoms with E-state index in [1.54, 1.807) is 48.0 Å². The Kier molecular flexibility index (Phi) is 6.49. The van der Waals surface area contributed by atoms with Crippen LogP contribution in [0.15, 0.2) is 48.9 Å². The molecule has 4 aromatic rings. The number of alkyl halides is 3. The van der Waals surface area contributed by atoms with Gasteiger partial charge in [-0.05, 0) is 55.8 Å². The second-order valence-corrected chi connectivity index (χ2v) is 8.43. The molecule has 0 bridgehead atoms. The van der Waals surface area contributed by atoms with Crippen molar-refractivity contribution in [3.8, 4) is 11.8 Å². The molecule has 8 nitrogen and oxygen atoms in total. The van der Waals surface area contributed by atoms with Gasteiger partial charge in [-0.2, -0.15) is 18.3 Å². The number of rotatable bonds is 4. The molecule has 12 heteroatoms. The van der Waals surface area contributed by atoms with Crippen LogP contribution in [0.4, 0.5) is 28.8 Å². The zero-order valence-corrected chi connectivity index (χ0v) is 18.8. The first kappa shape index (κ1) is 23.2. The van der Waals surface area contributed by atoms with Crippen LogP contribution in [0.5, 0.6) is 0 Å². The Hall–Kier alpha value is -3.95. The molecule has 4 rings (SSSR count). The van der Waals surface area contributed by atoms with Gasteiger partial charge in [0.1, 0.15) is 5.69 Å². The van der Waals surface area contributed by atoms with Crippen molar-refractivity contribution in [3.05, 3.63) is 70.6 Å². The number of nitrogens with one attached hydrogen (secondary N) is 2. The van der Waals surface area contributed by atoms with Crippen LogP contribution in [0.1, 0.15) is 21.7 Å². The molecule has 0 aliphatic rings. The number of carbonyl (C=O) groups is 1. The van der Waals surface area contributed by atoms with Gasteiger partial charge in [-0.25, -0.2) is 19.3 Å². The molecule has 0 saturated carbocycles. The molecular weight excluding hydrogens is 467 g/mol. The van der Waals surface area contributed by atoms with E-state index in [1.807, 2.05) is 0 Å². The second kappa shape index (κ2) is 9.50. The minimum Gasteiger partial charge on any atom is -0.308 e. The lowest BCUT2D eigenvalue weighted by atomic mass is 10.1. The molecule has 0 saturated heterocycles. The summed E-state index contributed by atoms with van der Waals surface area (Å²) < 4.78 is 41.9. The number of nitrogens with zero attached hydrogens (tertiary/aromatic N) is 5. The van der Waals surface area contributed by atoms with E-state index in [1.165, 1.54) is 18.3 Å². The van der Waals surface area contributed by atoms with E-state index in [2.05, 4.69) is 37.5 Å². The van der Waals surface area contributed by atoms with Crippen molar-refractivity contribution in [1.29, 1.82) is 0 Å². The van der Waals surface area contributed by atoms with Crippen LogP contribution in [0.3, 0.4) is 0 Å². The Morgan fingerprint density at radius 1 is 1.15 bits per heavy atom. The van der Waals surface area contributed by atoms with E-state index in [4.69, 9.17) is 0 Å². The lowest BCUT2D eigenvalue weighted by molar-refractivity contribution is -0.138. The average molecular weight is 485 g/mol. The highest BCUT2D eigenvalue weighted by Gasteiger charge is 2.33. The molecule has 34 heavy (non-hydrogen) atoms. The second-order valence-electron chi connectivity index (χ2n) is 7.40. The van der Waals surface area contributed by atoms with Crippen molar-refractivity contribution in [2.24, 2.45) is 0 Å². The Morgan fingerprint density at radius 2 is 1.97 bits per heavy atom. The molecule has 0 aliphatic carbocycles. The van der Waals surface area contributed by atoms with Gasteiger partial charge >= 0.3 is 12.2 Å². The van der Waals surface area contributed by atoms with Gasteiger partial charge in [0.25, 0.3) is 0 Å². The molecule has 1 aromatic carbocycles. The van der Waals surface area contributed by atoms with Gasteiger partial charge < -0.3 is 10.2 Å². The number of halogens is 3. The van der Waals surface area contributed by atoms with Crippen LogP contribution >= 0.6 is 11.3 Å². The minimum absolute atomic E-state index is 0.0176. The molecule has 0 aliphatic heterocycles. The number of amides is 2. The van der Waals surface area contributed by atoms with Crippen LogP contribution in [0.2, 0.25) is 0 Å². The third kappa shape index (κ3) is 5.51. The van der Waals surface area contributed by atoms with Crippen molar-refractivity contribution in [3.63, 3.8) is 0 Å². The highest BCUT2D eigenvalue weighted by Crippen LogP contribution is 2.34. The first-order chi connectivity index (χ1) is 16.2. The maximum absolute atomic E-state index is 13.4. The molecule has 0 fully saturated rings. The molecule has 174 valence electrons. The van der Waals surface area contributed by atoms with E-state index >= 15 is 0 Å². The minimum atomic E-state index is -4.54. The Balaban J connectivity index is 1.44. The van der Waals surface area contributed by atoms with E-state index in [0.29, 0.717) is 16.2 Å². The number of carbonyl (C=O) groups excluding carboxylic acids is 1. The van der Waals surface area contributed by atoms with Crippen molar-refractivity contribution < 1.29 is 18.0 Å². The van der Waals surface area contributed by atoms with Crippen LogP contribution in [0, 0.1) is 11.8 Å². The van der Waals surface area contributed by atoms with Gasteiger partial charge in [0.05, 0.1) is 22.8 Å². The third-order valence-corrected chi connectivity index (χ3v) is 5.31. The summed E-state index contributed by atoms with van der Waals surface area (Å²) in [4.78, 5) is 22.8. The number of thiazole rings is 1. The summed E-state index contributed by atoms with van der Waals surface area (Å²) >= 11 is 1.12. The predicted molar refractivity (Wildman–Crippen MR) is 123 cm³/mol. The van der Waals surface area contributed by atoms with E-state index in [-0.39, 0.29) is 22.9 Å². The van der Waals surface area contributed by atoms with E-state index < -0.39 is 17.8 Å². The van der Waals surface area contributed by atoms with Crippen molar-refractivity contribution in [1.82, 2.24) is 24.5 Å². The average Bonchev–Trinajstić information content (AvgIpc) is 3.39. The highest BCUT2D eigenvalue weighted by molar-refractivity contribution is 7.16. The Labute approximate surface area is 196 Å². The van der Waals surface area contributed by atoms with Crippen molar-refractivity contribution in [2.45, 2.75) is 12.7 Å². The highest BCUT2D eigenvalue weighted by atomic mass is 32.1. The zero-order valence-electron chi connectivity index (χ0n) is 18.0. The standard InChI is InChI=1S/C22H18F3N7OS/c1-31(2)13-14-5-6-15(10-18(14)22(23,24)25)29-20(33)30-21-27-12-17(34-21)8-7-16-11-26-19-4-3-9-28-32(16)19/h3-6,9-12H,13H2,1-2H3,(H2,27,29,30,33). The maximum atomic E-state index is 13.4. The summed E-state index contributed by atoms with van der Waals surface area (Å²) in [6.07, 6.45) is 0.170. The summed E-state index contributed by atoms with van der Waals surface area (Å²) in [5.74, 6) is 5.88. The fourth-order valence-corrected chi connectivity index (χ4v) is 3.75. The normalized spacial score (nSPS) is 11.4. The zero-order chi connectivity index (χ0) is 24.3.